The van der Waals surface area contributed by atoms with Gasteiger partial charge in [0.1, 0.15) is 0 Å². The van der Waals surface area contributed by atoms with E-state index in [-0.39, 0.29) is 0 Å². The molecule has 0 unspecified atom stereocenters. The van der Waals surface area contributed by atoms with Crippen LogP contribution in [0, 0.1) is 0 Å². The third kappa shape index (κ3) is 1.34. The second-order valence-corrected chi connectivity index (χ2v) is 2.79. The number of rotatable bonds is 0. The standard InChI is InChI=1S/C7H7Br/c1-6-2-4-7(8)5-3-6/h2-5,7H,1H2. The highest BCUT2D eigenvalue weighted by atomic mass is 79.9. The van der Waals surface area contributed by atoms with Crippen LogP contribution < -0.4 is 0 Å². The maximum atomic E-state index is 3.75. The average molecular weight is 171 g/mol. The molecule has 1 aliphatic carbocycles. The molecule has 0 amide bonds. The van der Waals surface area contributed by atoms with Gasteiger partial charge in [-0.1, -0.05) is 46.8 Å². The van der Waals surface area contributed by atoms with Crippen LogP contribution in [0.25, 0.3) is 0 Å². The van der Waals surface area contributed by atoms with Crippen LogP contribution in [0.2, 0.25) is 0 Å². The highest BCUT2D eigenvalue weighted by Crippen LogP contribution is 2.11. The first-order chi connectivity index (χ1) is 3.79. The second kappa shape index (κ2) is 2.31. The van der Waals surface area contributed by atoms with Crippen molar-refractivity contribution in [3.8, 4) is 0 Å². The van der Waals surface area contributed by atoms with E-state index in [0.29, 0.717) is 4.83 Å². The molecule has 0 radical (unpaired) electrons. The molecule has 42 valence electrons. The second-order valence-electron chi connectivity index (χ2n) is 1.74. The zero-order valence-corrected chi connectivity index (χ0v) is 6.06. The summed E-state index contributed by atoms with van der Waals surface area (Å²) in [7, 11) is 0. The Hall–Kier alpha value is -0.300. The predicted octanol–water partition coefficient (Wildman–Crippen LogP) is 2.43. The number of halogens is 1. The highest BCUT2D eigenvalue weighted by molar-refractivity contribution is 9.09. The summed E-state index contributed by atoms with van der Waals surface area (Å²) < 4.78 is 0. The Bertz CT molecular complexity index is 138. The predicted molar refractivity (Wildman–Crippen MR) is 40.1 cm³/mol. The van der Waals surface area contributed by atoms with Crippen molar-refractivity contribution in [3.05, 3.63) is 36.5 Å². The van der Waals surface area contributed by atoms with Gasteiger partial charge in [0.2, 0.25) is 0 Å². The van der Waals surface area contributed by atoms with E-state index in [1.165, 1.54) is 0 Å². The lowest BCUT2D eigenvalue weighted by molar-refractivity contribution is 1.39. The molecule has 0 aromatic carbocycles. The summed E-state index contributed by atoms with van der Waals surface area (Å²) in [5.74, 6) is 0. The third-order valence-electron chi connectivity index (χ3n) is 0.988. The number of hydrogen-bond acceptors (Lipinski definition) is 0. The van der Waals surface area contributed by atoms with E-state index >= 15 is 0 Å². The van der Waals surface area contributed by atoms with Crippen LogP contribution in [0.3, 0.4) is 0 Å². The lowest BCUT2D eigenvalue weighted by Gasteiger charge is -2.01. The summed E-state index contributed by atoms with van der Waals surface area (Å²) >= 11 is 3.40. The molecule has 1 rings (SSSR count). The fourth-order valence-electron chi connectivity index (χ4n) is 0.551. The van der Waals surface area contributed by atoms with Crippen molar-refractivity contribution in [3.63, 3.8) is 0 Å². The van der Waals surface area contributed by atoms with Crippen molar-refractivity contribution in [1.29, 1.82) is 0 Å². The van der Waals surface area contributed by atoms with Gasteiger partial charge in [0, 0.05) is 0 Å². The van der Waals surface area contributed by atoms with Gasteiger partial charge in [-0.3, -0.25) is 0 Å². The van der Waals surface area contributed by atoms with E-state index in [1.54, 1.807) is 0 Å². The summed E-state index contributed by atoms with van der Waals surface area (Å²) in [6.07, 6.45) is 8.11. The molecule has 0 aromatic heterocycles. The Morgan fingerprint density at radius 1 is 1.38 bits per heavy atom. The first-order valence-electron chi connectivity index (χ1n) is 2.48. The van der Waals surface area contributed by atoms with Crippen molar-refractivity contribution in [1.82, 2.24) is 0 Å². The first kappa shape index (κ1) is 5.83. The highest BCUT2D eigenvalue weighted by Gasteiger charge is 1.95. The lowest BCUT2D eigenvalue weighted by Crippen LogP contribution is -1.89. The molecular formula is C7H7Br. The summed E-state index contributed by atoms with van der Waals surface area (Å²) in [5.41, 5.74) is 1.07. The molecule has 0 saturated carbocycles. The van der Waals surface area contributed by atoms with Gasteiger partial charge < -0.3 is 0 Å². The number of allylic oxidation sites excluding steroid dienone is 5. The summed E-state index contributed by atoms with van der Waals surface area (Å²) in [6.45, 7) is 3.75. The molecule has 0 N–H and O–H groups in total. The SMILES string of the molecule is C=C1C=CC(Br)C=C1. The van der Waals surface area contributed by atoms with Crippen molar-refractivity contribution in [2.45, 2.75) is 4.83 Å². The van der Waals surface area contributed by atoms with Crippen LogP contribution >= 0.6 is 15.9 Å². The molecule has 0 saturated heterocycles. The minimum absolute atomic E-state index is 0.410. The van der Waals surface area contributed by atoms with E-state index in [1.807, 2.05) is 12.2 Å². The van der Waals surface area contributed by atoms with Crippen molar-refractivity contribution in [2.75, 3.05) is 0 Å². The van der Waals surface area contributed by atoms with Gasteiger partial charge in [0.15, 0.2) is 0 Å². The molecule has 8 heavy (non-hydrogen) atoms. The molecule has 0 nitrogen and oxygen atoms in total. The lowest BCUT2D eigenvalue weighted by atomic mass is 10.1. The molecule has 0 fully saturated rings. The van der Waals surface area contributed by atoms with E-state index < -0.39 is 0 Å². The van der Waals surface area contributed by atoms with Crippen molar-refractivity contribution >= 4 is 15.9 Å². The molecule has 1 heteroatoms. The van der Waals surface area contributed by atoms with Gasteiger partial charge in [-0.25, -0.2) is 0 Å². The van der Waals surface area contributed by atoms with E-state index in [4.69, 9.17) is 0 Å². The quantitative estimate of drug-likeness (QED) is 0.491. The van der Waals surface area contributed by atoms with Gasteiger partial charge >= 0.3 is 0 Å². The summed E-state index contributed by atoms with van der Waals surface area (Å²) in [6, 6.07) is 0. The third-order valence-corrected chi connectivity index (χ3v) is 1.60. The smallest absolute Gasteiger partial charge is 0.0512 e. The fraction of sp³-hybridized carbons (Fsp3) is 0.143. The Morgan fingerprint density at radius 3 is 2.25 bits per heavy atom. The van der Waals surface area contributed by atoms with Gasteiger partial charge in [0.05, 0.1) is 4.83 Å². The van der Waals surface area contributed by atoms with E-state index in [2.05, 4.69) is 34.7 Å². The molecule has 0 heterocycles. The molecular weight excluding hydrogens is 164 g/mol. The topological polar surface area (TPSA) is 0 Å². The van der Waals surface area contributed by atoms with Gasteiger partial charge in [-0.2, -0.15) is 0 Å². The largest absolute Gasteiger partial charge is 0.0918 e. The summed E-state index contributed by atoms with van der Waals surface area (Å²) in [5, 5.41) is 0. The first-order valence-corrected chi connectivity index (χ1v) is 3.40. The van der Waals surface area contributed by atoms with Gasteiger partial charge in [0.25, 0.3) is 0 Å². The molecule has 0 aliphatic heterocycles. The molecule has 0 spiro atoms. The van der Waals surface area contributed by atoms with Crippen LogP contribution in [0.15, 0.2) is 36.5 Å². The molecule has 0 atom stereocenters. The summed E-state index contributed by atoms with van der Waals surface area (Å²) in [4.78, 5) is 0.410. The molecule has 0 aromatic rings. The number of hydrogen-bond donors (Lipinski definition) is 0. The average Bonchev–Trinajstić information content (AvgIpc) is 1.77. The number of alkyl halides is 1. The normalized spacial score (nSPS) is 19.9. The Labute approximate surface area is 57.7 Å². The van der Waals surface area contributed by atoms with Crippen molar-refractivity contribution < 1.29 is 0 Å². The Kier molecular flexibility index (Phi) is 1.69. The maximum absolute atomic E-state index is 3.75. The molecule has 1 aliphatic rings. The van der Waals surface area contributed by atoms with E-state index in [0.717, 1.165) is 5.57 Å². The minimum Gasteiger partial charge on any atom is -0.0918 e. The zero-order valence-electron chi connectivity index (χ0n) is 4.47. The van der Waals surface area contributed by atoms with Crippen molar-refractivity contribution in [2.24, 2.45) is 0 Å². The van der Waals surface area contributed by atoms with Crippen LogP contribution in [0.1, 0.15) is 0 Å². The zero-order chi connectivity index (χ0) is 5.98. The minimum atomic E-state index is 0.410. The van der Waals surface area contributed by atoms with Crippen LogP contribution in [0.5, 0.6) is 0 Å². The Balaban J connectivity index is 2.68. The van der Waals surface area contributed by atoms with Crippen LogP contribution in [-0.2, 0) is 0 Å². The van der Waals surface area contributed by atoms with Crippen LogP contribution in [-0.4, -0.2) is 4.83 Å². The monoisotopic (exact) mass is 170 g/mol. The Morgan fingerprint density at radius 2 is 1.88 bits per heavy atom. The fourth-order valence-corrected chi connectivity index (χ4v) is 0.856. The molecule has 0 bridgehead atoms. The maximum Gasteiger partial charge on any atom is 0.0512 e. The van der Waals surface area contributed by atoms with E-state index in [9.17, 15) is 0 Å². The van der Waals surface area contributed by atoms with Gasteiger partial charge in [-0.15, -0.1) is 0 Å². The van der Waals surface area contributed by atoms with Crippen LogP contribution in [0.4, 0.5) is 0 Å². The van der Waals surface area contributed by atoms with Gasteiger partial charge in [-0.05, 0) is 5.57 Å².